The highest BCUT2D eigenvalue weighted by atomic mass is 32.1. The number of nitrogens with zero attached hydrogens (tertiary/aromatic N) is 1. The highest BCUT2D eigenvalue weighted by Gasteiger charge is 2.35. The summed E-state index contributed by atoms with van der Waals surface area (Å²) in [7, 11) is 0. The molecule has 0 amide bonds. The lowest BCUT2D eigenvalue weighted by molar-refractivity contribution is -0.0511. The van der Waals surface area contributed by atoms with Crippen LogP contribution in [-0.4, -0.2) is 42.5 Å². The van der Waals surface area contributed by atoms with E-state index >= 15 is 0 Å². The summed E-state index contributed by atoms with van der Waals surface area (Å²) in [5.74, 6) is 0.846. The van der Waals surface area contributed by atoms with E-state index in [1.807, 2.05) is 0 Å². The van der Waals surface area contributed by atoms with Gasteiger partial charge >= 0.3 is 0 Å². The first-order valence-electron chi connectivity index (χ1n) is 5.53. The minimum absolute atomic E-state index is 0.521. The molecule has 1 saturated heterocycles. The van der Waals surface area contributed by atoms with Gasteiger partial charge in [0.05, 0.1) is 12.7 Å². The predicted molar refractivity (Wildman–Crippen MR) is 61.9 cm³/mol. The second-order valence-corrected chi connectivity index (χ2v) is 4.42. The summed E-state index contributed by atoms with van der Waals surface area (Å²) < 4.78 is 5.76. The third-order valence-electron chi connectivity index (χ3n) is 3.21. The van der Waals surface area contributed by atoms with Crippen LogP contribution in [0.1, 0.15) is 19.3 Å². The summed E-state index contributed by atoms with van der Waals surface area (Å²) in [5, 5.41) is 0. The quantitative estimate of drug-likeness (QED) is 0.566. The SMILES string of the molecule is SC/C=C/CN1CCOC2CCCC21. The molecule has 2 fully saturated rings. The van der Waals surface area contributed by atoms with Gasteiger partial charge in [0.15, 0.2) is 0 Å². The van der Waals surface area contributed by atoms with Gasteiger partial charge in [-0.25, -0.2) is 0 Å². The number of hydrogen-bond acceptors (Lipinski definition) is 3. The maximum Gasteiger partial charge on any atom is 0.0731 e. The fraction of sp³-hybridized carbons (Fsp3) is 0.818. The zero-order valence-electron chi connectivity index (χ0n) is 8.56. The fourth-order valence-corrected chi connectivity index (χ4v) is 2.67. The van der Waals surface area contributed by atoms with Gasteiger partial charge in [0.25, 0.3) is 0 Å². The third kappa shape index (κ3) is 2.33. The maximum atomic E-state index is 5.76. The van der Waals surface area contributed by atoms with Gasteiger partial charge in [0.2, 0.25) is 0 Å². The van der Waals surface area contributed by atoms with Crippen LogP contribution >= 0.6 is 12.6 Å². The Kier molecular flexibility index (Phi) is 3.90. The highest BCUT2D eigenvalue weighted by Crippen LogP contribution is 2.29. The Balaban J connectivity index is 1.87. The number of rotatable bonds is 3. The minimum Gasteiger partial charge on any atom is -0.375 e. The standard InChI is InChI=1S/C11H19NOS/c14-9-2-1-6-12-7-8-13-11-5-3-4-10(11)12/h1-2,10-11,14H,3-9H2/b2-1+. The highest BCUT2D eigenvalue weighted by molar-refractivity contribution is 7.80. The first-order valence-corrected chi connectivity index (χ1v) is 6.16. The first kappa shape index (κ1) is 10.5. The molecule has 2 atom stereocenters. The Bertz CT molecular complexity index is 207. The van der Waals surface area contributed by atoms with Gasteiger partial charge in [-0.05, 0) is 19.3 Å². The smallest absolute Gasteiger partial charge is 0.0731 e. The molecule has 2 unspecified atom stereocenters. The number of thiol groups is 1. The lowest BCUT2D eigenvalue weighted by atomic mass is 10.1. The Hall–Kier alpha value is 0.01000. The zero-order valence-corrected chi connectivity index (χ0v) is 9.46. The molecule has 0 aromatic rings. The molecule has 0 aromatic carbocycles. The number of fused-ring (bicyclic) bond motifs is 1. The molecule has 0 radical (unpaired) electrons. The van der Waals surface area contributed by atoms with E-state index < -0.39 is 0 Å². The molecule has 2 aliphatic rings. The lowest BCUT2D eigenvalue weighted by Gasteiger charge is -2.36. The molecule has 2 rings (SSSR count). The number of hydrogen-bond donors (Lipinski definition) is 1. The zero-order chi connectivity index (χ0) is 9.80. The predicted octanol–water partition coefficient (Wildman–Crippen LogP) is 1.73. The van der Waals surface area contributed by atoms with Crippen molar-refractivity contribution in [2.24, 2.45) is 0 Å². The molecule has 80 valence electrons. The molecule has 0 aromatic heterocycles. The van der Waals surface area contributed by atoms with Crippen LogP contribution in [0.4, 0.5) is 0 Å². The van der Waals surface area contributed by atoms with Gasteiger partial charge < -0.3 is 4.74 Å². The Morgan fingerprint density at radius 1 is 1.36 bits per heavy atom. The fourth-order valence-electron chi connectivity index (χ4n) is 2.52. The van der Waals surface area contributed by atoms with Gasteiger partial charge in [0.1, 0.15) is 0 Å². The van der Waals surface area contributed by atoms with Crippen LogP contribution in [0.15, 0.2) is 12.2 Å². The molecule has 0 N–H and O–H groups in total. The van der Waals surface area contributed by atoms with Crippen molar-refractivity contribution in [2.75, 3.05) is 25.4 Å². The molecular weight excluding hydrogens is 194 g/mol. The molecule has 1 saturated carbocycles. The van der Waals surface area contributed by atoms with Crippen LogP contribution in [0.5, 0.6) is 0 Å². The van der Waals surface area contributed by atoms with E-state index in [9.17, 15) is 0 Å². The summed E-state index contributed by atoms with van der Waals surface area (Å²) in [6.45, 7) is 3.08. The summed E-state index contributed by atoms with van der Waals surface area (Å²) in [4.78, 5) is 2.56. The summed E-state index contributed by atoms with van der Waals surface area (Å²) >= 11 is 4.16. The summed E-state index contributed by atoms with van der Waals surface area (Å²) in [5.41, 5.74) is 0. The van der Waals surface area contributed by atoms with E-state index in [2.05, 4.69) is 29.7 Å². The Labute approximate surface area is 91.7 Å². The van der Waals surface area contributed by atoms with E-state index in [0.717, 1.165) is 25.4 Å². The average Bonchev–Trinajstić information content (AvgIpc) is 2.67. The summed E-state index contributed by atoms with van der Waals surface area (Å²) in [6, 6.07) is 0.688. The number of morpholine rings is 1. The maximum absolute atomic E-state index is 5.76. The van der Waals surface area contributed by atoms with Gasteiger partial charge in [-0.15, -0.1) is 0 Å². The second kappa shape index (κ2) is 5.19. The van der Waals surface area contributed by atoms with Crippen molar-refractivity contribution in [1.82, 2.24) is 4.90 Å². The van der Waals surface area contributed by atoms with E-state index in [4.69, 9.17) is 4.74 Å². The van der Waals surface area contributed by atoms with Crippen LogP contribution < -0.4 is 0 Å². The van der Waals surface area contributed by atoms with Gasteiger partial charge in [-0.3, -0.25) is 4.90 Å². The Morgan fingerprint density at radius 2 is 2.29 bits per heavy atom. The largest absolute Gasteiger partial charge is 0.375 e. The average molecular weight is 213 g/mol. The molecule has 1 heterocycles. The van der Waals surface area contributed by atoms with Crippen molar-refractivity contribution in [3.8, 4) is 0 Å². The molecule has 0 spiro atoms. The second-order valence-electron chi connectivity index (χ2n) is 4.06. The topological polar surface area (TPSA) is 12.5 Å². The van der Waals surface area contributed by atoms with Crippen LogP contribution in [0.2, 0.25) is 0 Å². The monoisotopic (exact) mass is 213 g/mol. The Morgan fingerprint density at radius 3 is 3.14 bits per heavy atom. The van der Waals surface area contributed by atoms with Crippen molar-refractivity contribution in [3.63, 3.8) is 0 Å². The van der Waals surface area contributed by atoms with Crippen LogP contribution in [0.3, 0.4) is 0 Å². The van der Waals surface area contributed by atoms with Crippen molar-refractivity contribution >= 4 is 12.6 Å². The summed E-state index contributed by atoms with van der Waals surface area (Å²) in [6.07, 6.45) is 8.79. The van der Waals surface area contributed by atoms with Gasteiger partial charge in [-0.1, -0.05) is 12.2 Å². The molecular formula is C11H19NOS. The normalized spacial score (nSPS) is 33.8. The van der Waals surface area contributed by atoms with Crippen molar-refractivity contribution in [1.29, 1.82) is 0 Å². The molecule has 1 aliphatic heterocycles. The van der Waals surface area contributed by atoms with Gasteiger partial charge in [0, 0.05) is 24.9 Å². The van der Waals surface area contributed by atoms with Crippen LogP contribution in [0, 0.1) is 0 Å². The van der Waals surface area contributed by atoms with Crippen LogP contribution in [-0.2, 0) is 4.74 Å². The van der Waals surface area contributed by atoms with E-state index in [1.165, 1.54) is 19.3 Å². The minimum atomic E-state index is 0.521. The van der Waals surface area contributed by atoms with Crippen molar-refractivity contribution in [2.45, 2.75) is 31.4 Å². The van der Waals surface area contributed by atoms with E-state index in [0.29, 0.717) is 12.1 Å². The molecule has 0 bridgehead atoms. The molecule has 1 aliphatic carbocycles. The number of ether oxygens (including phenoxy) is 1. The molecule has 2 nitrogen and oxygen atoms in total. The molecule has 3 heteroatoms. The molecule has 14 heavy (non-hydrogen) atoms. The van der Waals surface area contributed by atoms with Crippen molar-refractivity contribution < 1.29 is 4.74 Å². The van der Waals surface area contributed by atoms with Crippen molar-refractivity contribution in [3.05, 3.63) is 12.2 Å². The lowest BCUT2D eigenvalue weighted by Crippen LogP contribution is -2.48. The third-order valence-corrected chi connectivity index (χ3v) is 3.42. The van der Waals surface area contributed by atoms with Gasteiger partial charge in [-0.2, -0.15) is 12.6 Å². The first-order chi connectivity index (χ1) is 6.92. The van der Waals surface area contributed by atoms with E-state index in [1.54, 1.807) is 0 Å². The van der Waals surface area contributed by atoms with Crippen LogP contribution in [0.25, 0.3) is 0 Å². The van der Waals surface area contributed by atoms with E-state index in [-0.39, 0.29) is 0 Å².